The third kappa shape index (κ3) is 3.86. The van der Waals surface area contributed by atoms with Crippen LogP contribution in [0.15, 0.2) is 58.4 Å². The molecule has 31 heavy (non-hydrogen) atoms. The first-order chi connectivity index (χ1) is 15.0. The van der Waals surface area contributed by atoms with Crippen LogP contribution in [-0.2, 0) is 7.05 Å². The zero-order chi connectivity index (χ0) is 22.0. The lowest BCUT2D eigenvalue weighted by Gasteiger charge is -2.35. The van der Waals surface area contributed by atoms with E-state index in [1.807, 2.05) is 12.1 Å². The lowest BCUT2D eigenvalue weighted by Crippen LogP contribution is -2.47. The Morgan fingerprint density at radius 2 is 1.90 bits per heavy atom. The van der Waals surface area contributed by atoms with E-state index in [0.717, 1.165) is 34.1 Å². The number of piperidine rings is 1. The molecule has 0 radical (unpaired) electrons. The summed E-state index contributed by atoms with van der Waals surface area (Å²) in [4.78, 5) is 44.8. The number of benzene rings is 1. The van der Waals surface area contributed by atoms with E-state index >= 15 is 0 Å². The van der Waals surface area contributed by atoms with Crippen molar-refractivity contribution in [2.24, 2.45) is 7.05 Å². The first kappa shape index (κ1) is 20.5. The lowest BCUT2D eigenvalue weighted by atomic mass is 9.96. The van der Waals surface area contributed by atoms with Gasteiger partial charge in [0.05, 0.1) is 18.8 Å². The van der Waals surface area contributed by atoms with E-state index in [9.17, 15) is 14.4 Å². The van der Waals surface area contributed by atoms with E-state index in [4.69, 9.17) is 4.74 Å². The number of aromatic nitrogens is 4. The number of carbonyl (C=O) groups excluding carboxylic acids is 1. The van der Waals surface area contributed by atoms with Crippen LogP contribution in [0.3, 0.4) is 0 Å². The number of methoxy groups -OCH3 is 1. The molecule has 1 fully saturated rings. The molecule has 1 aromatic carbocycles. The van der Waals surface area contributed by atoms with Gasteiger partial charge in [-0.15, -0.1) is 0 Å². The molecule has 1 unspecified atom stereocenters. The molecule has 1 atom stereocenters. The molecule has 2 aromatic heterocycles. The second-order valence-electron chi connectivity index (χ2n) is 7.40. The Hall–Kier alpha value is -3.75. The maximum Gasteiger partial charge on any atom is 0.351 e. The summed E-state index contributed by atoms with van der Waals surface area (Å²) in [5.41, 5.74) is -0.285. The van der Waals surface area contributed by atoms with Gasteiger partial charge in [-0.05, 0) is 55.2 Å². The number of carbonyl (C=O) groups is 1. The lowest BCUT2D eigenvalue weighted by molar-refractivity contribution is 0.0599. The van der Waals surface area contributed by atoms with E-state index < -0.39 is 17.2 Å². The summed E-state index contributed by atoms with van der Waals surface area (Å²) in [5.74, 6) is 0.127. The Balaban J connectivity index is 1.77. The third-order valence-electron chi connectivity index (χ3n) is 5.53. The summed E-state index contributed by atoms with van der Waals surface area (Å²) >= 11 is 0. The molecule has 0 N–H and O–H groups in total. The summed E-state index contributed by atoms with van der Waals surface area (Å²) in [6.07, 6.45) is 6.00. The van der Waals surface area contributed by atoms with E-state index in [-0.39, 0.29) is 11.7 Å². The van der Waals surface area contributed by atoms with Crippen LogP contribution in [0.2, 0.25) is 0 Å². The molecule has 9 heteroatoms. The van der Waals surface area contributed by atoms with Gasteiger partial charge in [0.1, 0.15) is 5.75 Å². The molecule has 1 amide bonds. The molecule has 1 aliphatic heterocycles. The molecular formula is C22H23N5O4. The SMILES string of the molecule is COc1ccc(-n2nc(C(=O)N3CCCCC3c3cccnc3)c(=O)n(C)c2=O)cc1. The van der Waals surface area contributed by atoms with Crippen molar-refractivity contribution in [3.05, 3.63) is 80.9 Å². The molecule has 0 bridgehead atoms. The minimum absolute atomic E-state index is 0.192. The summed E-state index contributed by atoms with van der Waals surface area (Å²) in [5, 5.41) is 4.18. The minimum Gasteiger partial charge on any atom is -0.497 e. The van der Waals surface area contributed by atoms with E-state index in [1.165, 1.54) is 7.05 Å². The van der Waals surface area contributed by atoms with E-state index in [0.29, 0.717) is 18.0 Å². The minimum atomic E-state index is -0.713. The van der Waals surface area contributed by atoms with Gasteiger partial charge in [-0.3, -0.25) is 19.1 Å². The van der Waals surface area contributed by atoms with Gasteiger partial charge in [-0.1, -0.05) is 6.07 Å². The molecule has 4 rings (SSSR count). The largest absolute Gasteiger partial charge is 0.497 e. The zero-order valence-electron chi connectivity index (χ0n) is 17.4. The van der Waals surface area contributed by atoms with Gasteiger partial charge in [0, 0.05) is 26.0 Å². The number of hydrogen-bond donors (Lipinski definition) is 0. The topological polar surface area (TPSA) is 99.3 Å². The second-order valence-corrected chi connectivity index (χ2v) is 7.40. The number of ether oxygens (including phenoxy) is 1. The number of amides is 1. The molecule has 3 heterocycles. The van der Waals surface area contributed by atoms with Gasteiger partial charge in [-0.25, -0.2) is 4.79 Å². The van der Waals surface area contributed by atoms with Crippen LogP contribution in [0.5, 0.6) is 5.75 Å². The maximum absolute atomic E-state index is 13.4. The number of pyridine rings is 1. The quantitative estimate of drug-likeness (QED) is 0.636. The highest BCUT2D eigenvalue weighted by atomic mass is 16.5. The van der Waals surface area contributed by atoms with Gasteiger partial charge < -0.3 is 9.64 Å². The van der Waals surface area contributed by atoms with Crippen molar-refractivity contribution in [3.8, 4) is 11.4 Å². The molecule has 1 aliphatic rings. The van der Waals surface area contributed by atoms with Crippen LogP contribution >= 0.6 is 0 Å². The molecule has 3 aromatic rings. The Morgan fingerprint density at radius 3 is 2.58 bits per heavy atom. The van der Waals surface area contributed by atoms with Gasteiger partial charge in [-0.2, -0.15) is 9.78 Å². The predicted octanol–water partition coefficient (Wildman–Crippen LogP) is 1.70. The highest BCUT2D eigenvalue weighted by Gasteiger charge is 2.32. The van der Waals surface area contributed by atoms with Crippen LogP contribution in [0.4, 0.5) is 0 Å². The summed E-state index contributed by atoms with van der Waals surface area (Å²) < 4.78 is 7.12. The normalized spacial score (nSPS) is 16.2. The fourth-order valence-electron chi connectivity index (χ4n) is 3.83. The molecule has 0 spiro atoms. The number of rotatable bonds is 4. The third-order valence-corrected chi connectivity index (χ3v) is 5.53. The first-order valence-corrected chi connectivity index (χ1v) is 10.1. The predicted molar refractivity (Wildman–Crippen MR) is 113 cm³/mol. The molecule has 0 aliphatic carbocycles. The highest BCUT2D eigenvalue weighted by Crippen LogP contribution is 2.31. The van der Waals surface area contributed by atoms with Crippen molar-refractivity contribution in [2.75, 3.05) is 13.7 Å². The smallest absolute Gasteiger partial charge is 0.351 e. The van der Waals surface area contributed by atoms with Crippen molar-refractivity contribution in [1.82, 2.24) is 24.2 Å². The van der Waals surface area contributed by atoms with Crippen LogP contribution in [0, 0.1) is 0 Å². The Kier molecular flexibility index (Phi) is 5.66. The van der Waals surface area contributed by atoms with Crippen molar-refractivity contribution in [3.63, 3.8) is 0 Å². The van der Waals surface area contributed by atoms with Crippen molar-refractivity contribution >= 4 is 5.91 Å². The van der Waals surface area contributed by atoms with Crippen LogP contribution in [0.25, 0.3) is 5.69 Å². The zero-order valence-corrected chi connectivity index (χ0v) is 17.4. The second kappa shape index (κ2) is 8.55. The fourth-order valence-corrected chi connectivity index (χ4v) is 3.83. The van der Waals surface area contributed by atoms with Crippen molar-refractivity contribution < 1.29 is 9.53 Å². The van der Waals surface area contributed by atoms with Crippen LogP contribution in [0.1, 0.15) is 41.4 Å². The molecule has 160 valence electrons. The maximum atomic E-state index is 13.4. The summed E-state index contributed by atoms with van der Waals surface area (Å²) in [7, 11) is 2.89. The Labute approximate surface area is 178 Å². The number of hydrogen-bond acceptors (Lipinski definition) is 6. The Morgan fingerprint density at radius 1 is 1.13 bits per heavy atom. The molecule has 0 saturated carbocycles. The average Bonchev–Trinajstić information content (AvgIpc) is 2.83. The highest BCUT2D eigenvalue weighted by molar-refractivity contribution is 5.92. The molecule has 1 saturated heterocycles. The van der Waals surface area contributed by atoms with Crippen LogP contribution in [-0.4, -0.2) is 43.8 Å². The first-order valence-electron chi connectivity index (χ1n) is 10.1. The number of likely N-dealkylation sites (tertiary alicyclic amines) is 1. The van der Waals surface area contributed by atoms with Gasteiger partial charge >= 0.3 is 5.69 Å². The van der Waals surface area contributed by atoms with Crippen molar-refractivity contribution in [2.45, 2.75) is 25.3 Å². The number of nitrogens with zero attached hydrogens (tertiary/aromatic N) is 5. The Bertz CT molecular complexity index is 1200. The van der Waals surface area contributed by atoms with Crippen molar-refractivity contribution in [1.29, 1.82) is 0 Å². The summed E-state index contributed by atoms with van der Waals surface area (Å²) in [6, 6.07) is 10.2. The van der Waals surface area contributed by atoms with E-state index in [2.05, 4.69) is 10.1 Å². The van der Waals surface area contributed by atoms with Gasteiger partial charge in [0.25, 0.3) is 11.5 Å². The van der Waals surface area contributed by atoms with E-state index in [1.54, 1.807) is 48.7 Å². The molecular weight excluding hydrogens is 398 g/mol. The molecule has 9 nitrogen and oxygen atoms in total. The summed E-state index contributed by atoms with van der Waals surface area (Å²) in [6.45, 7) is 0.505. The van der Waals surface area contributed by atoms with Gasteiger partial charge in [0.2, 0.25) is 5.69 Å². The monoisotopic (exact) mass is 421 g/mol. The van der Waals surface area contributed by atoms with Crippen LogP contribution < -0.4 is 16.0 Å². The fraction of sp³-hybridized carbons (Fsp3) is 0.318. The standard InChI is InChI=1S/C22H23N5O4/c1-25-20(28)19(24-27(22(25)30)16-8-10-17(31-2)11-9-16)21(29)26-13-4-3-7-18(26)15-6-5-12-23-14-15/h5-6,8-12,14,18H,3-4,7,13H2,1-2H3. The van der Waals surface area contributed by atoms with Gasteiger partial charge in [0.15, 0.2) is 0 Å². The average molecular weight is 421 g/mol.